The van der Waals surface area contributed by atoms with E-state index in [-0.39, 0.29) is 48.3 Å². The van der Waals surface area contributed by atoms with Crippen LogP contribution in [0.25, 0.3) is 0 Å². The number of fused-ring (bicyclic) bond motifs is 1. The normalized spacial score (nSPS) is 27.2. The molecule has 3 aliphatic rings. The van der Waals surface area contributed by atoms with Gasteiger partial charge in [-0.05, 0) is 25.0 Å². The van der Waals surface area contributed by atoms with Gasteiger partial charge in [-0.2, -0.15) is 4.31 Å². The molecule has 2 atom stereocenters. The lowest BCUT2D eigenvalue weighted by molar-refractivity contribution is -0.142. The molecule has 152 valence electrons. The molecule has 1 aromatic rings. The van der Waals surface area contributed by atoms with Gasteiger partial charge < -0.3 is 0 Å². The molecule has 28 heavy (non-hydrogen) atoms. The summed E-state index contributed by atoms with van der Waals surface area (Å²) in [4.78, 5) is 28.1. The van der Waals surface area contributed by atoms with Crippen molar-refractivity contribution >= 4 is 21.8 Å². The summed E-state index contributed by atoms with van der Waals surface area (Å²) in [5, 5.41) is 0. The number of halogens is 1. The van der Waals surface area contributed by atoms with Crippen LogP contribution in [0.1, 0.15) is 25.7 Å². The van der Waals surface area contributed by atoms with Crippen molar-refractivity contribution in [2.45, 2.75) is 30.6 Å². The van der Waals surface area contributed by atoms with Crippen LogP contribution in [0, 0.1) is 17.7 Å². The van der Waals surface area contributed by atoms with Crippen LogP contribution in [-0.4, -0.2) is 67.2 Å². The molecule has 7 nitrogen and oxygen atoms in total. The van der Waals surface area contributed by atoms with Gasteiger partial charge in [-0.15, -0.1) is 0 Å². The summed E-state index contributed by atoms with van der Waals surface area (Å²) in [7, 11) is -3.90. The second-order valence-electron chi connectivity index (χ2n) is 7.70. The minimum Gasteiger partial charge on any atom is -0.283 e. The summed E-state index contributed by atoms with van der Waals surface area (Å²) in [6.45, 7) is 1.37. The van der Waals surface area contributed by atoms with E-state index in [2.05, 4.69) is 0 Å². The topological polar surface area (TPSA) is 78.0 Å². The van der Waals surface area contributed by atoms with Crippen molar-refractivity contribution in [3.63, 3.8) is 0 Å². The van der Waals surface area contributed by atoms with Gasteiger partial charge in [-0.25, -0.2) is 12.8 Å². The minimum absolute atomic E-state index is 0.0869. The van der Waals surface area contributed by atoms with Crippen molar-refractivity contribution in [3.8, 4) is 0 Å². The Kier molecular flexibility index (Phi) is 5.24. The number of sulfonamides is 1. The number of benzene rings is 1. The fourth-order valence-electron chi connectivity index (χ4n) is 4.47. The third-order valence-corrected chi connectivity index (χ3v) is 7.99. The van der Waals surface area contributed by atoms with E-state index in [4.69, 9.17) is 0 Å². The SMILES string of the molecule is O=C1[C@@H]2CCCC[C@H]2C(=O)N1CN1CCN(S(=O)(=O)c2ccccc2F)CC1. The molecular formula is C19H24FN3O4S. The lowest BCUT2D eigenvalue weighted by Crippen LogP contribution is -2.52. The molecule has 4 rings (SSSR count). The second-order valence-corrected chi connectivity index (χ2v) is 9.60. The van der Waals surface area contributed by atoms with Crippen molar-refractivity contribution in [1.29, 1.82) is 0 Å². The molecule has 0 unspecified atom stereocenters. The Labute approximate surface area is 164 Å². The maximum atomic E-state index is 13.9. The minimum atomic E-state index is -3.90. The Bertz CT molecular complexity index is 859. The van der Waals surface area contributed by atoms with Crippen LogP contribution in [-0.2, 0) is 19.6 Å². The number of piperazine rings is 1. The number of amides is 2. The lowest BCUT2D eigenvalue weighted by Gasteiger charge is -2.35. The van der Waals surface area contributed by atoms with Crippen LogP contribution in [0.2, 0.25) is 0 Å². The van der Waals surface area contributed by atoms with Gasteiger partial charge in [0.1, 0.15) is 10.7 Å². The van der Waals surface area contributed by atoms with Gasteiger partial charge in [0.15, 0.2) is 0 Å². The highest BCUT2D eigenvalue weighted by molar-refractivity contribution is 7.89. The van der Waals surface area contributed by atoms with Crippen molar-refractivity contribution in [3.05, 3.63) is 30.1 Å². The zero-order valence-corrected chi connectivity index (χ0v) is 16.4. The third-order valence-electron chi connectivity index (χ3n) is 6.06. The lowest BCUT2D eigenvalue weighted by atomic mass is 9.81. The zero-order chi connectivity index (χ0) is 19.9. The summed E-state index contributed by atoms with van der Waals surface area (Å²) in [6.07, 6.45) is 3.53. The first kappa shape index (κ1) is 19.5. The molecule has 2 saturated heterocycles. The number of likely N-dealkylation sites (tertiary alicyclic amines) is 1. The zero-order valence-electron chi connectivity index (χ0n) is 15.6. The predicted molar refractivity (Wildman–Crippen MR) is 98.9 cm³/mol. The van der Waals surface area contributed by atoms with E-state index < -0.39 is 15.8 Å². The maximum absolute atomic E-state index is 13.9. The molecule has 0 spiro atoms. The molecule has 0 aromatic heterocycles. The van der Waals surface area contributed by atoms with E-state index in [0.717, 1.165) is 31.7 Å². The van der Waals surface area contributed by atoms with Crippen molar-refractivity contribution in [2.75, 3.05) is 32.8 Å². The van der Waals surface area contributed by atoms with Crippen LogP contribution in [0.4, 0.5) is 4.39 Å². The Balaban J connectivity index is 1.39. The van der Waals surface area contributed by atoms with Crippen molar-refractivity contribution in [2.24, 2.45) is 11.8 Å². The van der Waals surface area contributed by atoms with Crippen LogP contribution in [0.3, 0.4) is 0 Å². The standard InChI is InChI=1S/C19H24FN3O4S/c20-16-7-3-4-8-17(16)28(26,27)22-11-9-21(10-12-22)13-23-18(24)14-5-1-2-6-15(14)19(23)25/h3-4,7-8,14-15H,1-2,5-6,9-13H2/t14-,15-/m1/s1. The number of carbonyl (C=O) groups is 2. The van der Waals surface area contributed by atoms with Crippen molar-refractivity contribution < 1.29 is 22.4 Å². The third kappa shape index (κ3) is 3.35. The van der Waals surface area contributed by atoms with Gasteiger partial charge in [0.05, 0.1) is 18.5 Å². The number of nitrogens with zero attached hydrogens (tertiary/aromatic N) is 3. The van der Waals surface area contributed by atoms with E-state index in [0.29, 0.717) is 13.1 Å². The molecular weight excluding hydrogens is 385 g/mol. The average molecular weight is 409 g/mol. The van der Waals surface area contributed by atoms with Gasteiger partial charge in [0.25, 0.3) is 0 Å². The molecule has 0 radical (unpaired) electrons. The molecule has 3 fully saturated rings. The van der Waals surface area contributed by atoms with Crippen molar-refractivity contribution in [1.82, 2.24) is 14.1 Å². The van der Waals surface area contributed by atoms with E-state index >= 15 is 0 Å². The number of carbonyl (C=O) groups excluding carboxylic acids is 2. The molecule has 9 heteroatoms. The first-order chi connectivity index (χ1) is 13.4. The van der Waals surface area contributed by atoms with Gasteiger partial charge >= 0.3 is 0 Å². The highest BCUT2D eigenvalue weighted by atomic mass is 32.2. The van der Waals surface area contributed by atoms with E-state index in [1.165, 1.54) is 27.4 Å². The smallest absolute Gasteiger partial charge is 0.246 e. The highest BCUT2D eigenvalue weighted by Gasteiger charge is 2.48. The summed E-state index contributed by atoms with van der Waals surface area (Å²) < 4.78 is 40.5. The first-order valence-corrected chi connectivity index (χ1v) is 11.2. The molecule has 1 aliphatic carbocycles. The molecule has 0 bridgehead atoms. The summed E-state index contributed by atoms with van der Waals surface area (Å²) in [5.41, 5.74) is 0. The van der Waals surface area contributed by atoms with E-state index in [1.807, 2.05) is 4.90 Å². The molecule has 2 amide bonds. The Morgan fingerprint density at radius 1 is 0.929 bits per heavy atom. The summed E-state index contributed by atoms with van der Waals surface area (Å²) >= 11 is 0. The second kappa shape index (κ2) is 7.53. The van der Waals surface area contributed by atoms with Gasteiger partial charge in [0.2, 0.25) is 21.8 Å². The fourth-order valence-corrected chi connectivity index (χ4v) is 5.96. The van der Waals surface area contributed by atoms with Gasteiger partial charge in [-0.1, -0.05) is 25.0 Å². The van der Waals surface area contributed by atoms with Crippen LogP contribution < -0.4 is 0 Å². The monoisotopic (exact) mass is 409 g/mol. The quantitative estimate of drug-likeness (QED) is 0.700. The summed E-state index contributed by atoms with van der Waals surface area (Å²) in [5.74, 6) is -1.29. The van der Waals surface area contributed by atoms with E-state index in [9.17, 15) is 22.4 Å². The number of imide groups is 1. The van der Waals surface area contributed by atoms with E-state index in [1.54, 1.807) is 0 Å². The highest BCUT2D eigenvalue weighted by Crippen LogP contribution is 2.38. The molecule has 2 aliphatic heterocycles. The van der Waals surface area contributed by atoms with Crippen LogP contribution in [0.5, 0.6) is 0 Å². The average Bonchev–Trinajstić information content (AvgIpc) is 2.94. The Morgan fingerprint density at radius 2 is 1.50 bits per heavy atom. The number of rotatable bonds is 4. The van der Waals surface area contributed by atoms with Gasteiger partial charge in [-0.3, -0.25) is 19.4 Å². The van der Waals surface area contributed by atoms with Crippen LogP contribution >= 0.6 is 0 Å². The maximum Gasteiger partial charge on any atom is 0.246 e. The number of hydrogen-bond acceptors (Lipinski definition) is 5. The Hall–Kier alpha value is -1.84. The van der Waals surface area contributed by atoms with Crippen LogP contribution in [0.15, 0.2) is 29.2 Å². The molecule has 1 saturated carbocycles. The molecule has 1 aromatic carbocycles. The fraction of sp³-hybridized carbons (Fsp3) is 0.579. The summed E-state index contributed by atoms with van der Waals surface area (Å²) in [6, 6.07) is 5.34. The van der Waals surface area contributed by atoms with Gasteiger partial charge in [0, 0.05) is 26.2 Å². The molecule has 2 heterocycles. The first-order valence-electron chi connectivity index (χ1n) is 9.72. The predicted octanol–water partition coefficient (Wildman–Crippen LogP) is 1.26. The number of hydrogen-bond donors (Lipinski definition) is 0. The largest absolute Gasteiger partial charge is 0.283 e. The Morgan fingerprint density at radius 3 is 2.07 bits per heavy atom. The molecule has 0 N–H and O–H groups in total.